The van der Waals surface area contributed by atoms with Crippen LogP contribution in [0.25, 0.3) is 0 Å². The van der Waals surface area contributed by atoms with Gasteiger partial charge < -0.3 is 15.3 Å². The molecule has 1 fully saturated rings. The molecule has 0 spiro atoms. The van der Waals surface area contributed by atoms with Crippen LogP contribution in [0.1, 0.15) is 23.3 Å². The summed E-state index contributed by atoms with van der Waals surface area (Å²) in [6.45, 7) is 1.80. The molecule has 1 saturated heterocycles. The zero-order valence-corrected chi connectivity index (χ0v) is 9.76. The minimum atomic E-state index is -1.06. The van der Waals surface area contributed by atoms with E-state index in [4.69, 9.17) is 5.11 Å². The lowest BCUT2D eigenvalue weighted by Gasteiger charge is -2.20. The summed E-state index contributed by atoms with van der Waals surface area (Å²) in [4.78, 5) is 21.0. The Kier molecular flexibility index (Phi) is 3.53. The van der Waals surface area contributed by atoms with E-state index in [1.807, 2.05) is 0 Å². The number of carbonyl (C=O) groups is 1. The quantitative estimate of drug-likeness (QED) is 0.800. The van der Waals surface area contributed by atoms with Gasteiger partial charge in [-0.1, -0.05) is 0 Å². The van der Waals surface area contributed by atoms with Crippen LogP contribution in [0.2, 0.25) is 0 Å². The van der Waals surface area contributed by atoms with Crippen LogP contribution < -0.4 is 5.32 Å². The first-order valence-corrected chi connectivity index (χ1v) is 5.67. The predicted octanol–water partition coefficient (Wildman–Crippen LogP) is 0.681. The van der Waals surface area contributed by atoms with Crippen molar-refractivity contribution in [3.8, 4) is 0 Å². The van der Waals surface area contributed by atoms with Crippen LogP contribution in [0.4, 0.5) is 5.82 Å². The highest BCUT2D eigenvalue weighted by molar-refractivity contribution is 5.90. The van der Waals surface area contributed by atoms with E-state index in [2.05, 4.69) is 27.2 Å². The Morgan fingerprint density at radius 1 is 1.59 bits per heavy atom. The fourth-order valence-electron chi connectivity index (χ4n) is 2.08. The molecule has 0 aromatic carbocycles. The van der Waals surface area contributed by atoms with E-state index < -0.39 is 5.97 Å². The van der Waals surface area contributed by atoms with E-state index in [1.165, 1.54) is 18.8 Å². The lowest BCUT2D eigenvalue weighted by Crippen LogP contribution is -2.32. The topological polar surface area (TPSA) is 78.3 Å². The molecular weight excluding hydrogens is 220 g/mol. The van der Waals surface area contributed by atoms with E-state index in [0.717, 1.165) is 13.0 Å². The standard InChI is InChI=1S/C11H16N4O2/c1-15-6-2-3-8(15)7-14-10-9(11(16)17)12-4-5-13-10/h4-5,8H,2-3,6-7H2,1H3,(H,13,14)(H,16,17). The van der Waals surface area contributed by atoms with Gasteiger partial charge in [-0.2, -0.15) is 0 Å². The highest BCUT2D eigenvalue weighted by atomic mass is 16.4. The molecule has 2 N–H and O–H groups in total. The maximum absolute atomic E-state index is 10.9. The Hall–Kier alpha value is -1.69. The van der Waals surface area contributed by atoms with E-state index >= 15 is 0 Å². The summed E-state index contributed by atoms with van der Waals surface area (Å²) in [5.74, 6) is -0.708. The number of aromatic carboxylic acids is 1. The smallest absolute Gasteiger partial charge is 0.358 e. The van der Waals surface area contributed by atoms with Crippen LogP contribution in [0.3, 0.4) is 0 Å². The van der Waals surface area contributed by atoms with Crippen molar-refractivity contribution in [1.29, 1.82) is 0 Å². The van der Waals surface area contributed by atoms with Gasteiger partial charge in [0, 0.05) is 25.0 Å². The molecule has 6 nitrogen and oxygen atoms in total. The number of hydrogen-bond donors (Lipinski definition) is 2. The summed E-state index contributed by atoms with van der Waals surface area (Å²) in [6, 6.07) is 0.443. The monoisotopic (exact) mass is 236 g/mol. The molecule has 2 heterocycles. The van der Waals surface area contributed by atoms with Gasteiger partial charge in [-0.25, -0.2) is 14.8 Å². The van der Waals surface area contributed by atoms with Crippen molar-refractivity contribution in [1.82, 2.24) is 14.9 Å². The highest BCUT2D eigenvalue weighted by Gasteiger charge is 2.21. The van der Waals surface area contributed by atoms with Crippen molar-refractivity contribution >= 4 is 11.8 Å². The first-order valence-electron chi connectivity index (χ1n) is 5.67. The minimum Gasteiger partial charge on any atom is -0.476 e. The van der Waals surface area contributed by atoms with Crippen LogP contribution >= 0.6 is 0 Å². The summed E-state index contributed by atoms with van der Waals surface area (Å²) >= 11 is 0. The van der Waals surface area contributed by atoms with Crippen LogP contribution in [-0.4, -0.2) is 52.1 Å². The molecule has 92 valence electrons. The van der Waals surface area contributed by atoms with Crippen LogP contribution in [-0.2, 0) is 0 Å². The van der Waals surface area contributed by atoms with Gasteiger partial charge in [0.1, 0.15) is 0 Å². The third kappa shape index (κ3) is 2.71. The molecule has 17 heavy (non-hydrogen) atoms. The maximum Gasteiger partial charge on any atom is 0.358 e. The highest BCUT2D eigenvalue weighted by Crippen LogP contribution is 2.16. The third-order valence-electron chi connectivity index (χ3n) is 3.08. The first-order chi connectivity index (χ1) is 8.18. The van der Waals surface area contributed by atoms with Crippen molar-refractivity contribution in [2.45, 2.75) is 18.9 Å². The summed E-state index contributed by atoms with van der Waals surface area (Å²) < 4.78 is 0. The molecule has 1 aromatic heterocycles. The predicted molar refractivity (Wildman–Crippen MR) is 63.1 cm³/mol. The van der Waals surface area contributed by atoms with Crippen LogP contribution in [0.15, 0.2) is 12.4 Å². The number of carboxylic acids is 1. The lowest BCUT2D eigenvalue weighted by atomic mass is 10.2. The fraction of sp³-hybridized carbons (Fsp3) is 0.545. The Morgan fingerprint density at radius 3 is 3.00 bits per heavy atom. The van der Waals surface area contributed by atoms with Gasteiger partial charge in [-0.05, 0) is 26.4 Å². The number of rotatable bonds is 4. The number of likely N-dealkylation sites (N-methyl/N-ethyl adjacent to an activating group) is 1. The zero-order valence-electron chi connectivity index (χ0n) is 9.76. The van der Waals surface area contributed by atoms with E-state index in [0.29, 0.717) is 18.4 Å². The second-order valence-electron chi connectivity index (χ2n) is 4.22. The van der Waals surface area contributed by atoms with Crippen molar-refractivity contribution < 1.29 is 9.90 Å². The largest absolute Gasteiger partial charge is 0.476 e. The minimum absolute atomic E-state index is 0.0202. The van der Waals surface area contributed by atoms with Gasteiger partial charge >= 0.3 is 5.97 Å². The molecule has 0 bridgehead atoms. The van der Waals surface area contributed by atoms with Gasteiger partial charge in [0.05, 0.1) is 0 Å². The Bertz CT molecular complexity index is 410. The average molecular weight is 236 g/mol. The SMILES string of the molecule is CN1CCCC1CNc1nccnc1C(=O)O. The van der Waals surface area contributed by atoms with Gasteiger partial charge in [0.15, 0.2) is 11.5 Å². The zero-order chi connectivity index (χ0) is 12.3. The van der Waals surface area contributed by atoms with Gasteiger partial charge in [0.2, 0.25) is 0 Å². The molecule has 0 radical (unpaired) electrons. The summed E-state index contributed by atoms with van der Waals surface area (Å²) in [7, 11) is 2.08. The maximum atomic E-state index is 10.9. The Labute approximate surface area is 99.7 Å². The molecule has 1 aliphatic heterocycles. The van der Waals surface area contributed by atoms with E-state index in [-0.39, 0.29) is 5.69 Å². The summed E-state index contributed by atoms with van der Waals surface area (Å²) in [5, 5.41) is 12.0. The number of likely N-dealkylation sites (tertiary alicyclic amines) is 1. The molecule has 1 aromatic rings. The summed E-state index contributed by atoms with van der Waals surface area (Å²) in [6.07, 6.45) is 5.20. The van der Waals surface area contributed by atoms with Crippen molar-refractivity contribution in [3.63, 3.8) is 0 Å². The third-order valence-corrected chi connectivity index (χ3v) is 3.08. The molecule has 1 unspecified atom stereocenters. The van der Waals surface area contributed by atoms with Crippen molar-refractivity contribution in [3.05, 3.63) is 18.1 Å². The van der Waals surface area contributed by atoms with Gasteiger partial charge in [0.25, 0.3) is 0 Å². The van der Waals surface area contributed by atoms with Crippen molar-refractivity contribution in [2.75, 3.05) is 25.5 Å². The molecule has 0 amide bonds. The molecule has 1 atom stereocenters. The summed E-state index contributed by atoms with van der Waals surface area (Å²) in [5.41, 5.74) is -0.0202. The number of anilines is 1. The fourth-order valence-corrected chi connectivity index (χ4v) is 2.08. The van der Waals surface area contributed by atoms with E-state index in [1.54, 1.807) is 0 Å². The molecule has 1 aliphatic rings. The molecular formula is C11H16N4O2. The number of aromatic nitrogens is 2. The second kappa shape index (κ2) is 5.09. The molecule has 0 saturated carbocycles. The normalized spacial score (nSPS) is 20.4. The first kappa shape index (κ1) is 11.8. The van der Waals surface area contributed by atoms with Gasteiger partial charge in [-0.15, -0.1) is 0 Å². The van der Waals surface area contributed by atoms with Crippen LogP contribution in [0, 0.1) is 0 Å². The Balaban J connectivity index is 2.01. The number of hydrogen-bond acceptors (Lipinski definition) is 5. The number of nitrogens with zero attached hydrogens (tertiary/aromatic N) is 3. The molecule has 0 aliphatic carbocycles. The Morgan fingerprint density at radius 2 is 2.35 bits per heavy atom. The lowest BCUT2D eigenvalue weighted by molar-refractivity contribution is 0.0691. The van der Waals surface area contributed by atoms with Gasteiger partial charge in [-0.3, -0.25) is 0 Å². The average Bonchev–Trinajstić information content (AvgIpc) is 2.72. The van der Waals surface area contributed by atoms with Crippen LogP contribution in [0.5, 0.6) is 0 Å². The van der Waals surface area contributed by atoms with E-state index in [9.17, 15) is 4.79 Å². The van der Waals surface area contributed by atoms with Crippen molar-refractivity contribution in [2.24, 2.45) is 0 Å². The second-order valence-corrected chi connectivity index (χ2v) is 4.22. The molecule has 2 rings (SSSR count). The molecule has 6 heteroatoms. The number of nitrogens with one attached hydrogen (secondary N) is 1. The number of carboxylic acid groups (broad SMARTS) is 1.